The molecule has 0 saturated carbocycles. The van der Waals surface area contributed by atoms with Gasteiger partial charge in [0.05, 0.1) is 17.2 Å². The molecule has 0 radical (unpaired) electrons. The van der Waals surface area contributed by atoms with Gasteiger partial charge in [0, 0.05) is 6.20 Å². The number of hydrogen-bond donors (Lipinski definition) is 0. The van der Waals surface area contributed by atoms with Gasteiger partial charge < -0.3 is 0 Å². The number of rotatable bonds is 2. The van der Waals surface area contributed by atoms with Crippen molar-refractivity contribution in [3.63, 3.8) is 0 Å². The van der Waals surface area contributed by atoms with E-state index < -0.39 is 10.7 Å². The third-order valence-electron chi connectivity index (χ3n) is 2.09. The van der Waals surface area contributed by atoms with Crippen molar-refractivity contribution in [2.75, 3.05) is 0 Å². The zero-order chi connectivity index (χ0) is 11.7. The van der Waals surface area contributed by atoms with Crippen LogP contribution >= 0.6 is 0 Å². The summed E-state index contributed by atoms with van der Waals surface area (Å²) in [5, 5.41) is 14.7. The van der Waals surface area contributed by atoms with E-state index in [1.165, 1.54) is 16.8 Å². The first kappa shape index (κ1) is 10.3. The fourth-order valence-electron chi connectivity index (χ4n) is 1.38. The van der Waals surface area contributed by atoms with Crippen molar-refractivity contribution < 1.29 is 9.31 Å². The van der Waals surface area contributed by atoms with Crippen LogP contribution in [0, 0.1) is 22.9 Å². The molecule has 0 aliphatic heterocycles. The van der Waals surface area contributed by atoms with Crippen molar-refractivity contribution in [1.82, 2.24) is 9.78 Å². The Balaban J connectivity index is 2.60. The number of aryl methyl sites for hydroxylation is 1. The Bertz CT molecular complexity index is 551. The average molecular weight is 221 g/mol. The summed E-state index contributed by atoms with van der Waals surface area (Å²) < 4.78 is 14.2. The Morgan fingerprint density at radius 1 is 1.50 bits per heavy atom. The van der Waals surface area contributed by atoms with E-state index in [9.17, 15) is 14.5 Å². The largest absolute Gasteiger partial charge is 0.297 e. The third kappa shape index (κ3) is 1.77. The topological polar surface area (TPSA) is 61.0 Å². The third-order valence-corrected chi connectivity index (χ3v) is 2.09. The van der Waals surface area contributed by atoms with Gasteiger partial charge in [0.25, 0.3) is 5.69 Å². The van der Waals surface area contributed by atoms with Crippen molar-refractivity contribution in [2.45, 2.75) is 6.92 Å². The maximum Gasteiger partial charge on any atom is 0.297 e. The summed E-state index contributed by atoms with van der Waals surface area (Å²) in [7, 11) is 0. The molecule has 0 atom stereocenters. The van der Waals surface area contributed by atoms with Crippen LogP contribution < -0.4 is 0 Å². The van der Waals surface area contributed by atoms with Crippen LogP contribution in [-0.4, -0.2) is 14.7 Å². The van der Waals surface area contributed by atoms with E-state index in [1.807, 2.05) is 6.92 Å². The summed E-state index contributed by atoms with van der Waals surface area (Å²) >= 11 is 0. The molecule has 5 nitrogen and oxygen atoms in total. The minimum absolute atomic E-state index is 0.250. The number of nitrogens with zero attached hydrogens (tertiary/aromatic N) is 3. The Kier molecular flexibility index (Phi) is 2.40. The molecule has 0 amide bonds. The predicted molar refractivity (Wildman–Crippen MR) is 54.9 cm³/mol. The van der Waals surface area contributed by atoms with Crippen molar-refractivity contribution in [3.8, 4) is 5.69 Å². The van der Waals surface area contributed by atoms with Crippen LogP contribution in [-0.2, 0) is 0 Å². The van der Waals surface area contributed by atoms with Crippen molar-refractivity contribution in [3.05, 3.63) is 52.1 Å². The smallest absolute Gasteiger partial charge is 0.258 e. The molecule has 1 heterocycles. The van der Waals surface area contributed by atoms with Gasteiger partial charge in [0.1, 0.15) is 11.5 Å². The Labute approximate surface area is 90.3 Å². The number of nitro benzene ring substituents is 1. The molecular formula is C10H8FN3O2. The molecule has 0 saturated heterocycles. The summed E-state index contributed by atoms with van der Waals surface area (Å²) in [5.41, 5.74) is 0.821. The van der Waals surface area contributed by atoms with Gasteiger partial charge in [-0.1, -0.05) is 0 Å². The summed E-state index contributed by atoms with van der Waals surface area (Å²) in [6.07, 6.45) is 3.22. The van der Waals surface area contributed by atoms with Crippen LogP contribution in [0.3, 0.4) is 0 Å². The van der Waals surface area contributed by atoms with E-state index in [4.69, 9.17) is 0 Å². The Morgan fingerprint density at radius 2 is 2.25 bits per heavy atom. The zero-order valence-electron chi connectivity index (χ0n) is 8.42. The maximum atomic E-state index is 12.9. The Hall–Kier alpha value is -2.24. The second-order valence-electron chi connectivity index (χ2n) is 3.35. The molecule has 0 aliphatic rings. The van der Waals surface area contributed by atoms with E-state index in [0.29, 0.717) is 0 Å². The number of hydrogen-bond acceptors (Lipinski definition) is 3. The molecule has 1 aromatic carbocycles. The van der Waals surface area contributed by atoms with Crippen LogP contribution in [0.2, 0.25) is 0 Å². The van der Waals surface area contributed by atoms with E-state index >= 15 is 0 Å². The number of halogens is 1. The van der Waals surface area contributed by atoms with Crippen LogP contribution in [0.15, 0.2) is 30.6 Å². The van der Waals surface area contributed by atoms with E-state index in [1.54, 1.807) is 12.4 Å². The van der Waals surface area contributed by atoms with Gasteiger partial charge in [-0.2, -0.15) is 5.10 Å². The molecule has 0 aliphatic carbocycles. The summed E-state index contributed by atoms with van der Waals surface area (Å²) in [6, 6.07) is 3.38. The SMILES string of the molecule is Cc1cnn(-c2ccc(F)cc2[N+](=O)[O-])c1. The van der Waals surface area contributed by atoms with E-state index in [2.05, 4.69) is 5.10 Å². The van der Waals surface area contributed by atoms with Crippen LogP contribution in [0.4, 0.5) is 10.1 Å². The fourth-order valence-corrected chi connectivity index (χ4v) is 1.38. The summed E-state index contributed by atoms with van der Waals surface area (Å²) in [4.78, 5) is 10.1. The molecule has 0 bridgehead atoms. The fraction of sp³-hybridized carbons (Fsp3) is 0.100. The highest BCUT2D eigenvalue weighted by Gasteiger charge is 2.16. The first-order valence-corrected chi connectivity index (χ1v) is 4.53. The van der Waals surface area contributed by atoms with Crippen LogP contribution in [0.25, 0.3) is 5.69 Å². The van der Waals surface area contributed by atoms with Crippen molar-refractivity contribution in [2.24, 2.45) is 0 Å². The minimum atomic E-state index is -0.640. The second-order valence-corrected chi connectivity index (χ2v) is 3.35. The van der Waals surface area contributed by atoms with Crippen molar-refractivity contribution in [1.29, 1.82) is 0 Å². The molecule has 6 heteroatoms. The quantitative estimate of drug-likeness (QED) is 0.577. The van der Waals surface area contributed by atoms with Crippen molar-refractivity contribution >= 4 is 5.69 Å². The zero-order valence-corrected chi connectivity index (χ0v) is 8.42. The minimum Gasteiger partial charge on any atom is -0.258 e. The molecule has 0 fully saturated rings. The van der Waals surface area contributed by atoms with Gasteiger partial charge in [-0.05, 0) is 24.6 Å². The highest BCUT2D eigenvalue weighted by Crippen LogP contribution is 2.23. The summed E-state index contributed by atoms with van der Waals surface area (Å²) in [6.45, 7) is 1.82. The first-order chi connectivity index (χ1) is 7.58. The predicted octanol–water partition coefficient (Wildman–Crippen LogP) is 2.23. The van der Waals surface area contributed by atoms with E-state index in [0.717, 1.165) is 11.6 Å². The van der Waals surface area contributed by atoms with E-state index in [-0.39, 0.29) is 11.4 Å². The monoisotopic (exact) mass is 221 g/mol. The molecule has 2 rings (SSSR count). The second kappa shape index (κ2) is 3.73. The number of nitro groups is 1. The van der Waals surface area contributed by atoms with Crippen LogP contribution in [0.1, 0.15) is 5.56 Å². The van der Waals surface area contributed by atoms with Gasteiger partial charge in [-0.3, -0.25) is 10.1 Å². The maximum absolute atomic E-state index is 12.9. The van der Waals surface area contributed by atoms with Gasteiger partial charge in [0.15, 0.2) is 0 Å². The number of aromatic nitrogens is 2. The molecule has 2 aromatic rings. The number of benzene rings is 1. The van der Waals surface area contributed by atoms with Gasteiger partial charge >= 0.3 is 0 Å². The summed E-state index contributed by atoms with van der Waals surface area (Å²) in [5.74, 6) is -0.640. The molecule has 82 valence electrons. The highest BCUT2D eigenvalue weighted by molar-refractivity contribution is 5.52. The lowest BCUT2D eigenvalue weighted by molar-refractivity contribution is -0.384. The lowest BCUT2D eigenvalue weighted by atomic mass is 10.2. The molecule has 0 unspecified atom stereocenters. The molecule has 16 heavy (non-hydrogen) atoms. The van der Waals surface area contributed by atoms with Gasteiger partial charge in [-0.25, -0.2) is 9.07 Å². The van der Waals surface area contributed by atoms with Gasteiger partial charge in [0.2, 0.25) is 0 Å². The standard InChI is InChI=1S/C10H8FN3O2/c1-7-5-12-13(6-7)9-3-2-8(11)4-10(9)14(15)16/h2-6H,1H3. The molecule has 0 N–H and O–H groups in total. The molecule has 1 aromatic heterocycles. The highest BCUT2D eigenvalue weighted by atomic mass is 19.1. The molecule has 0 spiro atoms. The lowest BCUT2D eigenvalue weighted by Crippen LogP contribution is -2.01. The van der Waals surface area contributed by atoms with Crippen LogP contribution in [0.5, 0.6) is 0 Å². The molecular weight excluding hydrogens is 213 g/mol. The van der Waals surface area contributed by atoms with Gasteiger partial charge in [-0.15, -0.1) is 0 Å². The first-order valence-electron chi connectivity index (χ1n) is 4.53. The average Bonchev–Trinajstić information content (AvgIpc) is 2.64. The Morgan fingerprint density at radius 3 is 2.81 bits per heavy atom. The normalized spacial score (nSPS) is 10.4. The lowest BCUT2D eigenvalue weighted by Gasteiger charge is -2.02.